The number of hydrogen-bond acceptors (Lipinski definition) is 3. The van der Waals surface area contributed by atoms with Crippen molar-refractivity contribution in [2.24, 2.45) is 22.7 Å². The number of rotatable bonds is 0. The minimum Gasteiger partial charge on any atom is -0.353 e. The van der Waals surface area contributed by atoms with Crippen molar-refractivity contribution in [3.63, 3.8) is 0 Å². The molecule has 3 fully saturated rings. The van der Waals surface area contributed by atoms with Gasteiger partial charge in [-0.05, 0) is 77.3 Å². The smallest absolute Gasteiger partial charge is 0.155 e. The summed E-state index contributed by atoms with van der Waals surface area (Å²) in [4.78, 5) is 14.4. The maximum atomic E-state index is 12.0. The molecule has 2 unspecified atom stereocenters. The van der Waals surface area contributed by atoms with Gasteiger partial charge in [-0.2, -0.15) is 0 Å². The largest absolute Gasteiger partial charge is 0.353 e. The second-order valence-electron chi connectivity index (χ2n) is 10.9. The zero-order valence-corrected chi connectivity index (χ0v) is 17.7. The van der Waals surface area contributed by atoms with Crippen molar-refractivity contribution in [2.75, 3.05) is 13.6 Å². The maximum Gasteiger partial charge on any atom is 0.155 e. The summed E-state index contributed by atoms with van der Waals surface area (Å²) in [6, 6.07) is 0. The van der Waals surface area contributed by atoms with Crippen molar-refractivity contribution < 1.29 is 9.53 Å². The van der Waals surface area contributed by atoms with Crippen LogP contribution < -0.4 is 0 Å². The number of ether oxygens (including phenoxy) is 1. The van der Waals surface area contributed by atoms with Gasteiger partial charge in [-0.25, -0.2) is 0 Å². The molecule has 0 aromatic carbocycles. The first-order chi connectivity index (χ1) is 12.6. The maximum absolute atomic E-state index is 12.0. The van der Waals surface area contributed by atoms with Gasteiger partial charge in [0.1, 0.15) is 5.72 Å². The SMILES string of the molecule is CN1C[C@@]2(CCC3C4CCC5=CC(=O)CC[C@]5(C)C4=CC[C@@]32C)OC1(C)C. The Balaban J connectivity index is 1.54. The number of ketones is 1. The molecule has 5 aliphatic rings. The van der Waals surface area contributed by atoms with Crippen LogP contribution in [0, 0.1) is 22.7 Å². The second kappa shape index (κ2) is 5.36. The van der Waals surface area contributed by atoms with Gasteiger partial charge in [-0.3, -0.25) is 9.69 Å². The third-order valence-corrected chi connectivity index (χ3v) is 9.48. The molecule has 0 aromatic heterocycles. The van der Waals surface area contributed by atoms with Crippen molar-refractivity contribution in [1.82, 2.24) is 4.90 Å². The van der Waals surface area contributed by atoms with Crippen molar-refractivity contribution in [3.05, 3.63) is 23.3 Å². The molecule has 4 aliphatic carbocycles. The first kappa shape index (κ1) is 18.1. The molecule has 1 aliphatic heterocycles. The fourth-order valence-corrected chi connectivity index (χ4v) is 7.53. The van der Waals surface area contributed by atoms with Crippen molar-refractivity contribution >= 4 is 5.78 Å². The molecule has 1 heterocycles. The molecule has 1 saturated heterocycles. The molecule has 0 N–H and O–H groups in total. The lowest BCUT2D eigenvalue weighted by atomic mass is 9.50. The van der Waals surface area contributed by atoms with Crippen LogP contribution in [-0.4, -0.2) is 35.6 Å². The van der Waals surface area contributed by atoms with Gasteiger partial charge in [-0.1, -0.05) is 31.1 Å². The van der Waals surface area contributed by atoms with Gasteiger partial charge >= 0.3 is 0 Å². The molecule has 148 valence electrons. The number of nitrogens with zero attached hydrogens (tertiary/aromatic N) is 1. The van der Waals surface area contributed by atoms with Gasteiger partial charge in [-0.15, -0.1) is 0 Å². The Morgan fingerprint density at radius 2 is 1.89 bits per heavy atom. The molecule has 5 atom stereocenters. The summed E-state index contributed by atoms with van der Waals surface area (Å²) in [5, 5.41) is 0. The Hall–Kier alpha value is -0.930. The molecule has 5 rings (SSSR count). The van der Waals surface area contributed by atoms with Crippen LogP contribution in [0.2, 0.25) is 0 Å². The Morgan fingerprint density at radius 3 is 2.59 bits per heavy atom. The first-order valence-corrected chi connectivity index (χ1v) is 11.0. The van der Waals surface area contributed by atoms with Gasteiger partial charge in [0.15, 0.2) is 5.78 Å². The lowest BCUT2D eigenvalue weighted by Gasteiger charge is -2.55. The molecular weight excluding hydrogens is 334 g/mol. The lowest BCUT2D eigenvalue weighted by Crippen LogP contribution is -2.52. The highest BCUT2D eigenvalue weighted by Crippen LogP contribution is 2.67. The average Bonchev–Trinajstić information content (AvgIpc) is 3.01. The Labute approximate surface area is 164 Å². The fourth-order valence-electron chi connectivity index (χ4n) is 7.53. The monoisotopic (exact) mass is 369 g/mol. The third-order valence-electron chi connectivity index (χ3n) is 9.48. The average molecular weight is 370 g/mol. The number of likely N-dealkylation sites (N-methyl/N-ethyl adjacent to an activating group) is 1. The standard InChI is InChI=1S/C24H35NO2/c1-21(2)25(5)15-24(27-21)13-10-20-18-7-6-16-14-17(26)8-11-22(16,3)19(18)9-12-23(20,24)4/h9,14,18,20H,6-8,10-13,15H2,1-5H3/t18?,20?,22-,23-,24+/m0/s1. The highest BCUT2D eigenvalue weighted by molar-refractivity contribution is 5.92. The molecule has 3 nitrogen and oxygen atoms in total. The summed E-state index contributed by atoms with van der Waals surface area (Å²) in [6.07, 6.45) is 12.2. The van der Waals surface area contributed by atoms with Gasteiger partial charge in [0.25, 0.3) is 0 Å². The summed E-state index contributed by atoms with van der Waals surface area (Å²) in [5.41, 5.74) is 3.27. The Bertz CT molecular complexity index is 764. The van der Waals surface area contributed by atoms with Crippen molar-refractivity contribution in [2.45, 2.75) is 84.0 Å². The lowest BCUT2D eigenvalue weighted by molar-refractivity contribution is -0.160. The Morgan fingerprint density at radius 1 is 1.11 bits per heavy atom. The van der Waals surface area contributed by atoms with E-state index in [9.17, 15) is 4.79 Å². The Kier molecular flexibility index (Phi) is 3.60. The van der Waals surface area contributed by atoms with Crippen LogP contribution in [0.15, 0.2) is 23.3 Å². The highest BCUT2D eigenvalue weighted by atomic mass is 16.6. The number of carbonyl (C=O) groups excluding carboxylic acids is 1. The quantitative estimate of drug-likeness (QED) is 0.570. The summed E-state index contributed by atoms with van der Waals surface area (Å²) in [7, 11) is 2.22. The number of allylic oxidation sites excluding steroid dienone is 4. The van der Waals surface area contributed by atoms with Gasteiger partial charge in [0.2, 0.25) is 0 Å². The predicted molar refractivity (Wildman–Crippen MR) is 107 cm³/mol. The molecular formula is C24H35NO2. The van der Waals surface area contributed by atoms with Crippen LogP contribution in [0.4, 0.5) is 0 Å². The minimum atomic E-state index is -0.167. The van der Waals surface area contributed by atoms with E-state index in [0.717, 1.165) is 38.1 Å². The molecule has 2 saturated carbocycles. The van der Waals surface area contributed by atoms with Crippen LogP contribution in [0.25, 0.3) is 0 Å². The van der Waals surface area contributed by atoms with E-state index in [1.54, 1.807) is 5.57 Å². The summed E-state index contributed by atoms with van der Waals surface area (Å²) < 4.78 is 6.85. The highest BCUT2D eigenvalue weighted by Gasteiger charge is 2.66. The first-order valence-electron chi connectivity index (χ1n) is 11.0. The predicted octanol–water partition coefficient (Wildman–Crippen LogP) is 4.88. The van der Waals surface area contributed by atoms with E-state index in [4.69, 9.17) is 4.74 Å². The summed E-state index contributed by atoms with van der Waals surface area (Å²) in [6.45, 7) is 10.4. The van der Waals surface area contributed by atoms with Crippen molar-refractivity contribution in [1.29, 1.82) is 0 Å². The summed E-state index contributed by atoms with van der Waals surface area (Å²) in [5.74, 6) is 1.73. The van der Waals surface area contributed by atoms with Crippen LogP contribution in [0.1, 0.15) is 72.6 Å². The zero-order valence-electron chi connectivity index (χ0n) is 17.7. The van der Waals surface area contributed by atoms with E-state index in [1.165, 1.54) is 24.8 Å². The van der Waals surface area contributed by atoms with E-state index < -0.39 is 0 Å². The van der Waals surface area contributed by atoms with Crippen LogP contribution in [0.3, 0.4) is 0 Å². The molecule has 27 heavy (non-hydrogen) atoms. The van der Waals surface area contributed by atoms with E-state index in [1.807, 2.05) is 6.08 Å². The van der Waals surface area contributed by atoms with E-state index in [-0.39, 0.29) is 22.2 Å². The normalized spacial score (nSPS) is 48.7. The molecule has 0 aromatic rings. The van der Waals surface area contributed by atoms with Gasteiger partial charge < -0.3 is 4.74 Å². The fraction of sp³-hybridized carbons (Fsp3) is 0.792. The van der Waals surface area contributed by atoms with Crippen LogP contribution in [0.5, 0.6) is 0 Å². The van der Waals surface area contributed by atoms with Crippen molar-refractivity contribution in [3.8, 4) is 0 Å². The zero-order chi connectivity index (χ0) is 19.2. The summed E-state index contributed by atoms with van der Waals surface area (Å²) >= 11 is 0. The van der Waals surface area contributed by atoms with Crippen LogP contribution >= 0.6 is 0 Å². The number of carbonyl (C=O) groups is 1. The third kappa shape index (κ3) is 2.19. The molecule has 0 radical (unpaired) electrons. The van der Waals surface area contributed by atoms with E-state index >= 15 is 0 Å². The van der Waals surface area contributed by atoms with E-state index in [0.29, 0.717) is 11.7 Å². The molecule has 0 amide bonds. The second-order valence-corrected chi connectivity index (χ2v) is 10.9. The topological polar surface area (TPSA) is 29.5 Å². The molecule has 3 heteroatoms. The minimum absolute atomic E-state index is 0.00248. The molecule has 0 bridgehead atoms. The number of fused-ring (bicyclic) bond motifs is 6. The van der Waals surface area contributed by atoms with E-state index in [2.05, 4.69) is 45.7 Å². The van der Waals surface area contributed by atoms with Crippen LogP contribution in [-0.2, 0) is 9.53 Å². The van der Waals surface area contributed by atoms with Gasteiger partial charge in [0.05, 0.1) is 5.60 Å². The number of hydrogen-bond donors (Lipinski definition) is 0. The van der Waals surface area contributed by atoms with Gasteiger partial charge in [0, 0.05) is 23.8 Å². The molecule has 1 spiro atoms.